The average molecular weight is 337 g/mol. The zero-order chi connectivity index (χ0) is 11.1. The van der Waals surface area contributed by atoms with E-state index >= 15 is 0 Å². The van der Waals surface area contributed by atoms with Crippen LogP contribution in [-0.4, -0.2) is 13.4 Å². The quantitative estimate of drug-likeness (QED) is 0.593. The summed E-state index contributed by atoms with van der Waals surface area (Å²) in [5.41, 5.74) is 0. The minimum atomic E-state index is -4.71. The molecule has 0 atom stereocenters. The van der Waals surface area contributed by atoms with Gasteiger partial charge in [0.15, 0.2) is 0 Å². The highest BCUT2D eigenvalue weighted by atomic mass is 127. The SMILES string of the molecule is O=S(=O)(F)c1cncc2ccc(I)cc12. The number of nitrogens with zero attached hydrogens (tertiary/aromatic N) is 1. The van der Waals surface area contributed by atoms with Crippen LogP contribution in [0.15, 0.2) is 35.5 Å². The summed E-state index contributed by atoms with van der Waals surface area (Å²) in [6, 6.07) is 5.13. The third-order valence-corrected chi connectivity index (χ3v) is 3.47. The smallest absolute Gasteiger partial charge is 0.263 e. The lowest BCUT2D eigenvalue weighted by atomic mass is 10.2. The van der Waals surface area contributed by atoms with Crippen molar-refractivity contribution in [1.29, 1.82) is 0 Å². The van der Waals surface area contributed by atoms with Gasteiger partial charge in [0.1, 0.15) is 4.90 Å². The summed E-state index contributed by atoms with van der Waals surface area (Å²) in [6.07, 6.45) is 2.52. The van der Waals surface area contributed by atoms with E-state index in [0.29, 0.717) is 10.8 Å². The van der Waals surface area contributed by atoms with Gasteiger partial charge in [0.05, 0.1) is 0 Å². The van der Waals surface area contributed by atoms with E-state index in [-0.39, 0.29) is 4.90 Å². The fourth-order valence-electron chi connectivity index (χ4n) is 1.30. The van der Waals surface area contributed by atoms with Crippen LogP contribution in [0.5, 0.6) is 0 Å². The Morgan fingerprint density at radius 3 is 2.67 bits per heavy atom. The van der Waals surface area contributed by atoms with Crippen molar-refractivity contribution in [2.24, 2.45) is 0 Å². The molecule has 0 fully saturated rings. The number of benzene rings is 1. The van der Waals surface area contributed by atoms with Gasteiger partial charge in [0, 0.05) is 26.7 Å². The predicted octanol–water partition coefficient (Wildman–Crippen LogP) is 2.50. The number of pyridine rings is 1. The minimum absolute atomic E-state index is 0.361. The lowest BCUT2D eigenvalue weighted by Crippen LogP contribution is -1.94. The molecule has 1 heterocycles. The highest BCUT2D eigenvalue weighted by Crippen LogP contribution is 2.24. The summed E-state index contributed by atoms with van der Waals surface area (Å²) in [5.74, 6) is 0. The topological polar surface area (TPSA) is 47.0 Å². The second kappa shape index (κ2) is 3.67. The lowest BCUT2D eigenvalue weighted by Gasteiger charge is -2.01. The van der Waals surface area contributed by atoms with Gasteiger partial charge in [-0.15, -0.1) is 3.89 Å². The zero-order valence-corrected chi connectivity index (χ0v) is 10.3. The van der Waals surface area contributed by atoms with Gasteiger partial charge < -0.3 is 0 Å². The van der Waals surface area contributed by atoms with E-state index in [1.165, 1.54) is 6.20 Å². The third-order valence-electron chi connectivity index (χ3n) is 1.95. The summed E-state index contributed by atoms with van der Waals surface area (Å²) >= 11 is 2.04. The monoisotopic (exact) mass is 337 g/mol. The molecule has 1 aromatic carbocycles. The Labute approximate surface area is 99.7 Å². The number of hydrogen-bond donors (Lipinski definition) is 0. The van der Waals surface area contributed by atoms with E-state index < -0.39 is 10.2 Å². The number of aromatic nitrogens is 1. The largest absolute Gasteiger partial charge is 0.334 e. The molecule has 1 aromatic heterocycles. The van der Waals surface area contributed by atoms with E-state index in [1.54, 1.807) is 18.2 Å². The molecule has 2 aromatic rings. The van der Waals surface area contributed by atoms with Crippen molar-refractivity contribution in [3.63, 3.8) is 0 Å². The van der Waals surface area contributed by atoms with Gasteiger partial charge in [0.2, 0.25) is 0 Å². The van der Waals surface area contributed by atoms with Gasteiger partial charge in [-0.3, -0.25) is 4.98 Å². The first-order valence-electron chi connectivity index (χ1n) is 3.96. The molecule has 0 unspecified atom stereocenters. The van der Waals surface area contributed by atoms with Crippen molar-refractivity contribution in [1.82, 2.24) is 4.98 Å². The standard InChI is InChI=1S/C9H5FINO2S/c10-15(13,14)9-5-12-4-6-1-2-7(11)3-8(6)9/h1-5H. The second-order valence-corrected chi connectivity index (χ2v) is 5.50. The Bertz CT molecular complexity index is 627. The van der Waals surface area contributed by atoms with Gasteiger partial charge in [-0.2, -0.15) is 8.42 Å². The van der Waals surface area contributed by atoms with E-state index in [2.05, 4.69) is 4.98 Å². The van der Waals surface area contributed by atoms with Gasteiger partial charge in [0.25, 0.3) is 0 Å². The van der Waals surface area contributed by atoms with Crippen molar-refractivity contribution in [2.75, 3.05) is 0 Å². The Balaban J connectivity index is 2.92. The molecular formula is C9H5FINO2S. The lowest BCUT2D eigenvalue weighted by molar-refractivity contribution is 0.552. The van der Waals surface area contributed by atoms with Crippen molar-refractivity contribution < 1.29 is 12.3 Å². The van der Waals surface area contributed by atoms with Crippen LogP contribution in [-0.2, 0) is 10.2 Å². The molecule has 0 saturated carbocycles. The minimum Gasteiger partial charge on any atom is -0.263 e. The first-order chi connectivity index (χ1) is 6.98. The molecule has 2 rings (SSSR count). The number of fused-ring (bicyclic) bond motifs is 1. The second-order valence-electron chi connectivity index (χ2n) is 2.94. The first kappa shape index (κ1) is 10.7. The fourth-order valence-corrected chi connectivity index (χ4v) is 2.42. The third kappa shape index (κ3) is 2.10. The molecule has 0 aliphatic heterocycles. The molecule has 6 heteroatoms. The zero-order valence-electron chi connectivity index (χ0n) is 7.31. The van der Waals surface area contributed by atoms with Gasteiger partial charge in [-0.25, -0.2) is 0 Å². The summed E-state index contributed by atoms with van der Waals surface area (Å²) in [5, 5.41) is 0.966. The van der Waals surface area contributed by atoms with E-state index in [1.807, 2.05) is 22.6 Å². The van der Waals surface area contributed by atoms with Gasteiger partial charge >= 0.3 is 10.2 Å². The van der Waals surface area contributed by atoms with Crippen LogP contribution < -0.4 is 0 Å². The van der Waals surface area contributed by atoms with Crippen molar-refractivity contribution in [3.05, 3.63) is 34.2 Å². The number of hydrogen-bond acceptors (Lipinski definition) is 3. The number of rotatable bonds is 1. The molecule has 15 heavy (non-hydrogen) atoms. The Kier molecular flexibility index (Phi) is 2.63. The highest BCUT2D eigenvalue weighted by molar-refractivity contribution is 14.1. The van der Waals surface area contributed by atoms with Gasteiger partial charge in [-0.05, 0) is 34.7 Å². The van der Waals surface area contributed by atoms with Crippen molar-refractivity contribution in [2.45, 2.75) is 4.90 Å². The molecule has 3 nitrogen and oxygen atoms in total. The summed E-state index contributed by atoms with van der Waals surface area (Å²) in [7, 11) is -4.71. The molecule has 0 bridgehead atoms. The molecule has 0 saturated heterocycles. The fraction of sp³-hybridized carbons (Fsp3) is 0. The van der Waals surface area contributed by atoms with Crippen LogP contribution in [0.25, 0.3) is 10.8 Å². The maximum Gasteiger partial charge on any atom is 0.334 e. The molecule has 78 valence electrons. The Morgan fingerprint density at radius 1 is 1.27 bits per heavy atom. The van der Waals surface area contributed by atoms with Gasteiger partial charge in [-0.1, -0.05) is 6.07 Å². The maximum atomic E-state index is 12.9. The Morgan fingerprint density at radius 2 is 2.00 bits per heavy atom. The van der Waals surface area contributed by atoms with Crippen LogP contribution >= 0.6 is 22.6 Å². The van der Waals surface area contributed by atoms with Crippen LogP contribution in [0.2, 0.25) is 0 Å². The molecular weight excluding hydrogens is 332 g/mol. The van der Waals surface area contributed by atoms with Crippen LogP contribution in [0.3, 0.4) is 0 Å². The summed E-state index contributed by atoms with van der Waals surface area (Å²) < 4.78 is 35.5. The first-order valence-corrected chi connectivity index (χ1v) is 6.42. The van der Waals surface area contributed by atoms with Crippen molar-refractivity contribution >= 4 is 43.6 Å². The molecule has 0 N–H and O–H groups in total. The van der Waals surface area contributed by atoms with E-state index in [9.17, 15) is 12.3 Å². The van der Waals surface area contributed by atoms with Crippen LogP contribution in [0, 0.1) is 3.57 Å². The summed E-state index contributed by atoms with van der Waals surface area (Å²) in [6.45, 7) is 0. The number of halogens is 2. The predicted molar refractivity (Wildman–Crippen MR) is 62.8 cm³/mol. The normalized spacial score (nSPS) is 11.9. The highest BCUT2D eigenvalue weighted by Gasteiger charge is 2.16. The molecule has 0 amide bonds. The Hall–Kier alpha value is -0.760. The van der Waals surface area contributed by atoms with Crippen molar-refractivity contribution in [3.8, 4) is 0 Å². The van der Waals surface area contributed by atoms with Crippen LogP contribution in [0.1, 0.15) is 0 Å². The maximum absolute atomic E-state index is 12.9. The molecule has 0 aliphatic rings. The summed E-state index contributed by atoms with van der Waals surface area (Å²) in [4.78, 5) is 3.31. The van der Waals surface area contributed by atoms with E-state index in [0.717, 1.165) is 9.77 Å². The molecule has 0 aliphatic carbocycles. The van der Waals surface area contributed by atoms with E-state index in [4.69, 9.17) is 0 Å². The molecule has 0 radical (unpaired) electrons. The molecule has 0 spiro atoms. The average Bonchev–Trinajstić information content (AvgIpc) is 2.15. The van der Waals surface area contributed by atoms with Crippen LogP contribution in [0.4, 0.5) is 3.89 Å².